The molecule has 0 atom stereocenters. The van der Waals surface area contributed by atoms with Crippen LogP contribution in [0.25, 0.3) is 0 Å². The Kier molecular flexibility index (Phi) is 4.61. The fraction of sp³-hybridized carbons (Fsp3) is 0.294. The van der Waals surface area contributed by atoms with Gasteiger partial charge in [0.25, 0.3) is 0 Å². The highest BCUT2D eigenvalue weighted by Crippen LogP contribution is 2.35. The van der Waals surface area contributed by atoms with Crippen LogP contribution >= 0.6 is 0 Å². The molecule has 3 rings (SSSR count). The lowest BCUT2D eigenvalue weighted by molar-refractivity contribution is 0.354. The van der Waals surface area contributed by atoms with Crippen LogP contribution in [0, 0.1) is 0 Å². The van der Waals surface area contributed by atoms with Crippen molar-refractivity contribution in [2.45, 2.75) is 16.2 Å². The summed E-state index contributed by atoms with van der Waals surface area (Å²) in [5.41, 5.74) is 1.22. The van der Waals surface area contributed by atoms with Gasteiger partial charge in [-0.3, -0.25) is 4.31 Å². The molecular formula is C17H19NO6S2. The average molecular weight is 397 g/mol. The topological polar surface area (TPSA) is 90.0 Å². The van der Waals surface area contributed by atoms with Gasteiger partial charge in [-0.1, -0.05) is 0 Å². The smallest absolute Gasteiger partial charge is 0.232 e. The molecule has 0 unspecified atom stereocenters. The number of sulfone groups is 1. The van der Waals surface area contributed by atoms with Gasteiger partial charge in [-0.25, -0.2) is 16.8 Å². The quantitative estimate of drug-likeness (QED) is 0.765. The van der Waals surface area contributed by atoms with Gasteiger partial charge in [-0.15, -0.1) is 0 Å². The number of methoxy groups -OCH3 is 2. The van der Waals surface area contributed by atoms with Crippen LogP contribution in [0.4, 0.5) is 5.69 Å². The molecule has 0 N–H and O–H groups in total. The molecule has 0 amide bonds. The zero-order chi connectivity index (χ0) is 19.1. The summed E-state index contributed by atoms with van der Waals surface area (Å²) >= 11 is 0. The summed E-state index contributed by atoms with van der Waals surface area (Å²) in [6, 6.07) is 8.89. The van der Waals surface area contributed by atoms with Crippen molar-refractivity contribution in [1.82, 2.24) is 0 Å². The first-order valence-corrected chi connectivity index (χ1v) is 11.1. The summed E-state index contributed by atoms with van der Waals surface area (Å²) in [6.45, 7) is 0.314. The molecule has 7 nitrogen and oxygen atoms in total. The van der Waals surface area contributed by atoms with Gasteiger partial charge in [0.2, 0.25) is 19.9 Å². The predicted octanol–water partition coefficient (Wildman–Crippen LogP) is 1.86. The fourth-order valence-electron chi connectivity index (χ4n) is 2.98. The van der Waals surface area contributed by atoms with Crippen molar-refractivity contribution in [3.8, 4) is 11.5 Å². The summed E-state index contributed by atoms with van der Waals surface area (Å²) in [5, 5.41) is 0. The van der Waals surface area contributed by atoms with E-state index in [1.807, 2.05) is 0 Å². The number of fused-ring (bicyclic) bond motifs is 1. The van der Waals surface area contributed by atoms with Crippen LogP contribution in [0.15, 0.2) is 46.2 Å². The Labute approximate surface area is 153 Å². The molecule has 1 heterocycles. The molecule has 0 saturated carbocycles. The standard InChI is InChI=1S/C17H19NO6S2/c1-23-16-7-5-14(11-17(16)24-2)26(21,22)13-4-6-15-12(10-13)8-9-18(15)25(3,19)20/h4-7,10-11H,8-9H2,1-3H3. The lowest BCUT2D eigenvalue weighted by Crippen LogP contribution is -2.27. The zero-order valence-corrected chi connectivity index (χ0v) is 16.2. The lowest BCUT2D eigenvalue weighted by Gasteiger charge is -2.16. The van der Waals surface area contributed by atoms with Crippen molar-refractivity contribution in [3.63, 3.8) is 0 Å². The Morgan fingerprint density at radius 3 is 2.12 bits per heavy atom. The summed E-state index contributed by atoms with van der Waals surface area (Å²) in [5.74, 6) is 0.752. The molecule has 1 aliphatic rings. The van der Waals surface area contributed by atoms with Gasteiger partial charge in [0.1, 0.15) is 0 Å². The molecule has 0 aliphatic carbocycles. The minimum Gasteiger partial charge on any atom is -0.493 e. The first kappa shape index (κ1) is 18.5. The van der Waals surface area contributed by atoms with E-state index in [9.17, 15) is 16.8 Å². The molecule has 2 aromatic carbocycles. The largest absolute Gasteiger partial charge is 0.493 e. The van der Waals surface area contributed by atoms with Crippen LogP contribution in [0.3, 0.4) is 0 Å². The third-order valence-corrected chi connectivity index (χ3v) is 7.21. The second-order valence-corrected chi connectivity index (χ2v) is 9.75. The van der Waals surface area contributed by atoms with Crippen molar-refractivity contribution in [1.29, 1.82) is 0 Å². The number of ether oxygens (including phenoxy) is 2. The molecular weight excluding hydrogens is 378 g/mol. The minimum atomic E-state index is -3.77. The van der Waals surface area contributed by atoms with E-state index in [2.05, 4.69) is 0 Å². The molecule has 140 valence electrons. The second kappa shape index (κ2) is 6.48. The number of benzene rings is 2. The van der Waals surface area contributed by atoms with E-state index in [0.717, 1.165) is 6.26 Å². The van der Waals surface area contributed by atoms with Crippen molar-refractivity contribution in [2.24, 2.45) is 0 Å². The average Bonchev–Trinajstić information content (AvgIpc) is 3.04. The van der Waals surface area contributed by atoms with E-state index in [1.165, 1.54) is 54.9 Å². The maximum atomic E-state index is 13.0. The molecule has 0 saturated heterocycles. The van der Waals surface area contributed by atoms with Crippen molar-refractivity contribution in [3.05, 3.63) is 42.0 Å². The van der Waals surface area contributed by atoms with Gasteiger partial charge in [0.15, 0.2) is 11.5 Å². The number of sulfonamides is 1. The summed E-state index contributed by atoms with van der Waals surface area (Å²) in [4.78, 5) is 0.187. The Balaban J connectivity index is 2.05. The summed E-state index contributed by atoms with van der Waals surface area (Å²) in [6.07, 6.45) is 1.61. The third kappa shape index (κ3) is 3.12. The molecule has 0 fully saturated rings. The Morgan fingerprint density at radius 1 is 0.885 bits per heavy atom. The maximum absolute atomic E-state index is 13.0. The van der Waals surface area contributed by atoms with E-state index < -0.39 is 19.9 Å². The number of hydrogen-bond acceptors (Lipinski definition) is 6. The van der Waals surface area contributed by atoms with Crippen LogP contribution in [0.1, 0.15) is 5.56 Å². The van der Waals surface area contributed by atoms with Gasteiger partial charge in [-0.2, -0.15) is 0 Å². The van der Waals surface area contributed by atoms with E-state index in [-0.39, 0.29) is 9.79 Å². The van der Waals surface area contributed by atoms with Gasteiger partial charge < -0.3 is 9.47 Å². The van der Waals surface area contributed by atoms with Crippen LogP contribution < -0.4 is 13.8 Å². The van der Waals surface area contributed by atoms with E-state index >= 15 is 0 Å². The highest BCUT2D eigenvalue weighted by atomic mass is 32.2. The molecule has 0 radical (unpaired) electrons. The van der Waals surface area contributed by atoms with Crippen LogP contribution in [-0.4, -0.2) is 43.9 Å². The van der Waals surface area contributed by atoms with Crippen molar-refractivity contribution in [2.75, 3.05) is 31.3 Å². The van der Waals surface area contributed by atoms with Gasteiger partial charge in [-0.05, 0) is 42.3 Å². The van der Waals surface area contributed by atoms with Crippen LogP contribution in [-0.2, 0) is 26.3 Å². The normalized spacial score (nSPS) is 14.2. The molecule has 9 heteroatoms. The third-order valence-electron chi connectivity index (χ3n) is 4.28. The summed E-state index contributed by atoms with van der Waals surface area (Å²) in [7, 11) is -4.25. The van der Waals surface area contributed by atoms with Gasteiger partial charge in [0, 0.05) is 12.6 Å². The van der Waals surface area contributed by atoms with Crippen LogP contribution in [0.5, 0.6) is 11.5 Å². The maximum Gasteiger partial charge on any atom is 0.232 e. The molecule has 0 spiro atoms. The Bertz CT molecular complexity index is 1060. The first-order valence-electron chi connectivity index (χ1n) is 7.76. The molecule has 0 bridgehead atoms. The fourth-order valence-corrected chi connectivity index (χ4v) is 5.26. The van der Waals surface area contributed by atoms with Crippen LogP contribution in [0.2, 0.25) is 0 Å². The highest BCUT2D eigenvalue weighted by molar-refractivity contribution is 7.92. The lowest BCUT2D eigenvalue weighted by atomic mass is 10.2. The summed E-state index contributed by atoms with van der Waals surface area (Å²) < 4.78 is 61.1. The Hall–Kier alpha value is -2.26. The molecule has 2 aromatic rings. The zero-order valence-electron chi connectivity index (χ0n) is 14.6. The van der Waals surface area contributed by atoms with Gasteiger partial charge in [0.05, 0.1) is 36.0 Å². The molecule has 0 aromatic heterocycles. The Morgan fingerprint density at radius 2 is 1.50 bits per heavy atom. The van der Waals surface area contributed by atoms with Crippen molar-refractivity contribution >= 4 is 25.5 Å². The SMILES string of the molecule is COc1ccc(S(=O)(=O)c2ccc3c(c2)CCN3S(C)(=O)=O)cc1OC. The highest BCUT2D eigenvalue weighted by Gasteiger charge is 2.28. The number of nitrogens with zero attached hydrogens (tertiary/aromatic N) is 1. The number of anilines is 1. The molecule has 26 heavy (non-hydrogen) atoms. The predicted molar refractivity (Wildman–Crippen MR) is 97.3 cm³/mol. The van der Waals surface area contributed by atoms with E-state index in [0.29, 0.717) is 35.7 Å². The van der Waals surface area contributed by atoms with Crippen molar-refractivity contribution < 1.29 is 26.3 Å². The van der Waals surface area contributed by atoms with E-state index in [1.54, 1.807) is 0 Å². The second-order valence-electron chi connectivity index (χ2n) is 5.90. The number of rotatable bonds is 5. The van der Waals surface area contributed by atoms with E-state index in [4.69, 9.17) is 9.47 Å². The molecule has 1 aliphatic heterocycles. The van der Waals surface area contributed by atoms with Gasteiger partial charge >= 0.3 is 0 Å². The first-order chi connectivity index (χ1) is 12.2. The minimum absolute atomic E-state index is 0.0769. The monoisotopic (exact) mass is 397 g/mol. The number of hydrogen-bond donors (Lipinski definition) is 0.